The van der Waals surface area contributed by atoms with Gasteiger partial charge in [-0.1, -0.05) is 133 Å². The van der Waals surface area contributed by atoms with Gasteiger partial charge in [-0.25, -0.2) is 4.79 Å². The molecule has 0 radical (unpaired) electrons. The van der Waals surface area contributed by atoms with E-state index in [4.69, 9.17) is 18.1 Å². The van der Waals surface area contributed by atoms with Gasteiger partial charge in [-0.15, -0.1) is 0 Å². The first kappa shape index (κ1) is 34.2. The normalized spacial score (nSPS) is 11.9. The molecule has 0 atom stereocenters. The van der Waals surface area contributed by atoms with Crippen LogP contribution in [0.15, 0.2) is 146 Å². The Morgan fingerprint density at radius 2 is 0.766 bits per heavy atom. The van der Waals surface area contributed by atoms with Gasteiger partial charge in [0.2, 0.25) is 0 Å². The summed E-state index contributed by atoms with van der Waals surface area (Å²) in [4.78, 5) is 11.6. The van der Waals surface area contributed by atoms with Crippen molar-refractivity contribution in [2.24, 2.45) is 0 Å². The molecule has 5 aromatic rings. The quantitative estimate of drug-likeness (QED) is 0.0975. The maximum absolute atomic E-state index is 15.2. The van der Waals surface area contributed by atoms with Crippen LogP contribution in [-0.2, 0) is 60.1 Å². The van der Waals surface area contributed by atoms with Crippen LogP contribution in [0, 0.1) is 0 Å². The number of carbonyl (C=O) groups is 1. The fourth-order valence-corrected chi connectivity index (χ4v) is 9.97. The van der Waals surface area contributed by atoms with Crippen LogP contribution in [0.3, 0.4) is 0 Å². The molecule has 0 aliphatic rings. The molecule has 47 heavy (non-hydrogen) atoms. The predicted octanol–water partition coefficient (Wildman–Crippen LogP) is 9.51. The Bertz CT molecular complexity index is 1580. The molecule has 0 amide bonds. The second-order valence-electron chi connectivity index (χ2n) is 10.8. The lowest BCUT2D eigenvalue weighted by Crippen LogP contribution is -2.20. The standard InChI is InChI=1S/C37H36O8P2/c38-37(39)35-23-21-30(22-24-35)25-36(46(40,42-26-31-13-5-1-6-14-31)43-27-32-15-7-2-8-16-32)47(41,44-28-33-17-9-3-10-18-33)45-29-34-19-11-4-12-20-34/h1-24,36H,25-29H2,(H,38,39). The summed E-state index contributed by atoms with van der Waals surface area (Å²) in [5.74, 6) is -1.08. The van der Waals surface area contributed by atoms with E-state index in [0.29, 0.717) is 5.56 Å². The van der Waals surface area contributed by atoms with Crippen LogP contribution in [0.1, 0.15) is 38.2 Å². The van der Waals surface area contributed by atoms with Crippen LogP contribution in [0.25, 0.3) is 0 Å². The molecule has 0 spiro atoms. The van der Waals surface area contributed by atoms with Crippen molar-refractivity contribution in [3.05, 3.63) is 179 Å². The smallest absolute Gasteiger partial charge is 0.346 e. The zero-order valence-corrected chi connectivity index (χ0v) is 27.5. The molecule has 0 aromatic heterocycles. The highest BCUT2D eigenvalue weighted by molar-refractivity contribution is 7.72. The summed E-state index contributed by atoms with van der Waals surface area (Å²) >= 11 is 0. The Kier molecular flexibility index (Phi) is 12.1. The third-order valence-corrected chi connectivity index (χ3v) is 12.8. The Labute approximate surface area is 275 Å². The van der Waals surface area contributed by atoms with Gasteiger partial charge in [-0.2, -0.15) is 0 Å². The Balaban J connectivity index is 1.57. The third kappa shape index (κ3) is 9.93. The molecule has 0 aliphatic carbocycles. The summed E-state index contributed by atoms with van der Waals surface area (Å²) in [7, 11) is -8.70. The zero-order valence-electron chi connectivity index (χ0n) is 25.7. The summed E-state index contributed by atoms with van der Waals surface area (Å²) < 4.78 is 55.2. The summed E-state index contributed by atoms with van der Waals surface area (Å²) in [6.07, 6.45) is -0.110. The average molecular weight is 671 g/mol. The largest absolute Gasteiger partial charge is 0.478 e. The van der Waals surface area contributed by atoms with Gasteiger partial charge in [0.1, 0.15) is 0 Å². The molecule has 0 unspecified atom stereocenters. The van der Waals surface area contributed by atoms with Crippen molar-refractivity contribution in [3.8, 4) is 0 Å². The Morgan fingerprint density at radius 3 is 1.04 bits per heavy atom. The van der Waals surface area contributed by atoms with Gasteiger partial charge in [-0.05, 0) is 46.4 Å². The van der Waals surface area contributed by atoms with E-state index in [2.05, 4.69) is 0 Å². The highest BCUT2D eigenvalue weighted by Crippen LogP contribution is 2.72. The molecule has 0 fully saturated rings. The molecule has 0 saturated carbocycles. The van der Waals surface area contributed by atoms with E-state index < -0.39 is 26.6 Å². The van der Waals surface area contributed by atoms with E-state index in [1.165, 1.54) is 12.1 Å². The third-order valence-electron chi connectivity index (χ3n) is 7.37. The van der Waals surface area contributed by atoms with Crippen LogP contribution in [-0.4, -0.2) is 16.5 Å². The van der Waals surface area contributed by atoms with Gasteiger partial charge < -0.3 is 23.2 Å². The van der Waals surface area contributed by atoms with Gasteiger partial charge in [0.25, 0.3) is 0 Å². The van der Waals surface area contributed by atoms with E-state index >= 15 is 9.13 Å². The molecule has 8 nitrogen and oxygen atoms in total. The van der Waals surface area contributed by atoms with Crippen LogP contribution in [0.4, 0.5) is 0 Å². The Hall–Kier alpha value is -4.13. The molecule has 0 heterocycles. The van der Waals surface area contributed by atoms with Crippen LogP contribution in [0.2, 0.25) is 0 Å². The fraction of sp³-hybridized carbons (Fsp3) is 0.162. The first-order valence-electron chi connectivity index (χ1n) is 15.1. The number of rotatable bonds is 17. The van der Waals surface area contributed by atoms with Crippen LogP contribution >= 0.6 is 15.2 Å². The van der Waals surface area contributed by atoms with Crippen LogP contribution in [0.5, 0.6) is 0 Å². The summed E-state index contributed by atoms with van der Waals surface area (Å²) in [5, 5.41) is 8.05. The van der Waals surface area contributed by atoms with Crippen molar-refractivity contribution < 1.29 is 37.1 Å². The highest BCUT2D eigenvalue weighted by atomic mass is 31.2. The molecule has 10 heteroatoms. The minimum absolute atomic E-state index is 0.0815. The topological polar surface area (TPSA) is 108 Å². The van der Waals surface area contributed by atoms with Gasteiger partial charge in [0.15, 0.2) is 5.40 Å². The average Bonchev–Trinajstić information content (AvgIpc) is 3.12. The van der Waals surface area contributed by atoms with E-state index in [1.807, 2.05) is 121 Å². The molecule has 0 saturated heterocycles. The molecule has 242 valence electrons. The van der Waals surface area contributed by atoms with Crippen molar-refractivity contribution in [1.82, 2.24) is 0 Å². The molecule has 5 aromatic carbocycles. The Morgan fingerprint density at radius 1 is 0.468 bits per heavy atom. The maximum atomic E-state index is 15.2. The first-order valence-corrected chi connectivity index (χ1v) is 18.3. The van der Waals surface area contributed by atoms with Crippen molar-refractivity contribution in [1.29, 1.82) is 0 Å². The summed E-state index contributed by atoms with van der Waals surface area (Å²) in [6, 6.07) is 42.9. The van der Waals surface area contributed by atoms with Gasteiger partial charge in [0.05, 0.1) is 32.0 Å². The van der Waals surface area contributed by atoms with Crippen molar-refractivity contribution in [3.63, 3.8) is 0 Å². The van der Waals surface area contributed by atoms with Crippen molar-refractivity contribution >= 4 is 21.2 Å². The number of hydrogen-bond acceptors (Lipinski definition) is 7. The zero-order chi connectivity index (χ0) is 33.0. The van der Waals surface area contributed by atoms with Gasteiger partial charge in [-0.3, -0.25) is 9.13 Å². The molecular weight excluding hydrogens is 634 g/mol. The van der Waals surface area contributed by atoms with E-state index in [9.17, 15) is 9.90 Å². The lowest BCUT2D eigenvalue weighted by Gasteiger charge is -2.32. The molecule has 0 aliphatic heterocycles. The first-order chi connectivity index (χ1) is 22.8. The van der Waals surface area contributed by atoms with Crippen LogP contribution < -0.4 is 0 Å². The van der Waals surface area contributed by atoms with Crippen molar-refractivity contribution in [2.45, 2.75) is 38.2 Å². The van der Waals surface area contributed by atoms with Crippen molar-refractivity contribution in [2.75, 3.05) is 0 Å². The fourth-order valence-electron chi connectivity index (χ4n) is 4.76. The number of hydrogen-bond donors (Lipinski definition) is 1. The lowest BCUT2D eigenvalue weighted by atomic mass is 10.1. The predicted molar refractivity (Wildman–Crippen MR) is 181 cm³/mol. The second-order valence-corrected chi connectivity index (χ2v) is 15.6. The molecule has 0 bridgehead atoms. The number of carboxylic acids is 1. The minimum Gasteiger partial charge on any atom is -0.478 e. The second kappa shape index (κ2) is 16.6. The SMILES string of the molecule is O=C(O)c1ccc(CC(P(=O)(OCc2ccccc2)OCc2ccccc2)P(=O)(OCc2ccccc2)OCc2ccccc2)cc1. The maximum Gasteiger partial charge on any atom is 0.346 e. The monoisotopic (exact) mass is 670 g/mol. The molecule has 1 N–H and O–H groups in total. The number of benzene rings is 5. The van der Waals surface area contributed by atoms with E-state index in [1.54, 1.807) is 12.1 Å². The van der Waals surface area contributed by atoms with E-state index in [0.717, 1.165) is 22.3 Å². The lowest BCUT2D eigenvalue weighted by molar-refractivity contribution is 0.0696. The van der Waals surface area contributed by atoms with E-state index in [-0.39, 0.29) is 38.4 Å². The summed E-state index contributed by atoms with van der Waals surface area (Å²) in [6.45, 7) is -0.338. The number of carboxylic acid groups (broad SMARTS) is 1. The summed E-state index contributed by atoms with van der Waals surface area (Å²) in [5.41, 5.74) is 3.60. The minimum atomic E-state index is -4.35. The van der Waals surface area contributed by atoms with Gasteiger partial charge >= 0.3 is 21.2 Å². The van der Waals surface area contributed by atoms with Gasteiger partial charge in [0, 0.05) is 0 Å². The highest BCUT2D eigenvalue weighted by Gasteiger charge is 2.51. The molecule has 5 rings (SSSR count). The number of aromatic carboxylic acids is 1. The molecular formula is C37H36O8P2.